The van der Waals surface area contributed by atoms with Gasteiger partial charge in [-0.25, -0.2) is 0 Å². The Hall–Kier alpha value is -1.42. The molecule has 1 aromatic carbocycles. The fraction of sp³-hybridized carbons (Fsp3) is 0.333. The fourth-order valence-electron chi connectivity index (χ4n) is 1.52. The molecule has 84 valence electrons. The van der Waals surface area contributed by atoms with Crippen molar-refractivity contribution in [1.29, 1.82) is 0 Å². The third-order valence-corrected chi connectivity index (χ3v) is 3.28. The van der Waals surface area contributed by atoms with Gasteiger partial charge >= 0.3 is 0 Å². The Kier molecular flexibility index (Phi) is 3.51. The van der Waals surface area contributed by atoms with Crippen LogP contribution in [0.15, 0.2) is 35.3 Å². The van der Waals surface area contributed by atoms with Crippen LogP contribution in [0, 0.1) is 0 Å². The van der Waals surface area contributed by atoms with Gasteiger partial charge in [0, 0.05) is 18.7 Å². The summed E-state index contributed by atoms with van der Waals surface area (Å²) in [5, 5.41) is 0. The lowest BCUT2D eigenvalue weighted by Gasteiger charge is -2.01. The molecule has 2 aromatic rings. The number of aryl methyl sites for hydroxylation is 1. The molecule has 0 aliphatic rings. The topological polar surface area (TPSA) is 30.2 Å². The van der Waals surface area contributed by atoms with E-state index >= 15 is 0 Å². The average Bonchev–Trinajstić information content (AvgIpc) is 2.74. The highest BCUT2D eigenvalue weighted by molar-refractivity contribution is 7.03. The van der Waals surface area contributed by atoms with Gasteiger partial charge in [0.15, 0.2) is 5.82 Å². The second-order valence-corrected chi connectivity index (χ2v) is 4.33. The molecule has 0 spiro atoms. The molecule has 0 aliphatic carbocycles. The second kappa shape index (κ2) is 5.07. The van der Waals surface area contributed by atoms with Gasteiger partial charge < -0.3 is 0 Å². The summed E-state index contributed by atoms with van der Waals surface area (Å²) >= 11 is 1.62. The van der Waals surface area contributed by atoms with Gasteiger partial charge in [-0.2, -0.15) is 4.98 Å². The molecule has 0 bridgehead atoms. The molecular weight excluding hydrogens is 218 g/mol. The zero-order valence-corrected chi connectivity index (χ0v) is 10.4. The van der Waals surface area contributed by atoms with E-state index in [0.29, 0.717) is 0 Å². The van der Waals surface area contributed by atoms with E-state index < -0.39 is 0 Å². The van der Waals surface area contributed by atoms with Gasteiger partial charge in [-0.15, -0.1) is 0 Å². The molecule has 0 aliphatic heterocycles. The van der Waals surface area contributed by atoms with Crippen molar-refractivity contribution in [2.75, 3.05) is 6.54 Å². The van der Waals surface area contributed by atoms with Gasteiger partial charge in [-0.3, -0.25) is 8.95 Å². The molecule has 0 unspecified atom stereocenters. The van der Waals surface area contributed by atoms with E-state index in [2.05, 4.69) is 33.0 Å². The van der Waals surface area contributed by atoms with Gasteiger partial charge in [-0.1, -0.05) is 30.3 Å². The van der Waals surface area contributed by atoms with Crippen molar-refractivity contribution in [2.45, 2.75) is 20.4 Å². The summed E-state index contributed by atoms with van der Waals surface area (Å²) in [6.07, 6.45) is 0. The van der Waals surface area contributed by atoms with E-state index in [1.807, 2.05) is 25.1 Å². The average molecular weight is 233 g/mol. The predicted molar refractivity (Wildman–Crippen MR) is 67.3 cm³/mol. The summed E-state index contributed by atoms with van der Waals surface area (Å²) in [6, 6.07) is 10.2. The molecule has 16 heavy (non-hydrogen) atoms. The monoisotopic (exact) mass is 233 g/mol. The van der Waals surface area contributed by atoms with Crippen LogP contribution in [0.3, 0.4) is 0 Å². The molecule has 0 fully saturated rings. The number of rotatable bonds is 3. The minimum Gasteiger partial charge on any atom is -0.279 e. The summed E-state index contributed by atoms with van der Waals surface area (Å²) in [4.78, 5) is 9.77. The molecule has 0 radical (unpaired) electrons. The maximum absolute atomic E-state index is 4.56. The van der Waals surface area contributed by atoms with Crippen LogP contribution >= 0.6 is 11.5 Å². The predicted octanol–water partition coefficient (Wildman–Crippen LogP) is 2.55. The molecule has 2 rings (SSSR count). The first-order valence-electron chi connectivity index (χ1n) is 5.49. The van der Waals surface area contributed by atoms with E-state index in [4.69, 9.17) is 0 Å². The van der Waals surface area contributed by atoms with Crippen LogP contribution in [0.5, 0.6) is 0 Å². The molecule has 4 heteroatoms. The normalized spacial score (nSPS) is 12.0. The first-order chi connectivity index (χ1) is 7.85. The molecule has 0 saturated carbocycles. The molecule has 1 aromatic heterocycles. The van der Waals surface area contributed by atoms with Crippen molar-refractivity contribution in [1.82, 2.24) is 8.94 Å². The summed E-state index contributed by atoms with van der Waals surface area (Å²) in [6.45, 7) is 5.87. The van der Waals surface area contributed by atoms with Crippen molar-refractivity contribution in [3.05, 3.63) is 35.1 Å². The molecule has 0 amide bonds. The Bertz CT molecular complexity index is 511. The van der Waals surface area contributed by atoms with Crippen molar-refractivity contribution < 1.29 is 0 Å². The third-order valence-electron chi connectivity index (χ3n) is 2.24. The minimum absolute atomic E-state index is 0.783. The first kappa shape index (κ1) is 11.1. The summed E-state index contributed by atoms with van der Waals surface area (Å²) < 4.78 is 2.17. The van der Waals surface area contributed by atoms with Crippen LogP contribution in [-0.4, -0.2) is 15.5 Å². The standard InChI is InChI=1S/C12H15N3S/c1-3-13-12-14-11(15(4-2)16-12)10-8-6-5-7-9-10/h5-9H,3-4H2,1-2H3. The maximum atomic E-state index is 4.56. The van der Waals surface area contributed by atoms with Crippen LogP contribution in [0.2, 0.25) is 0 Å². The molecule has 3 nitrogen and oxygen atoms in total. The largest absolute Gasteiger partial charge is 0.279 e. The van der Waals surface area contributed by atoms with Gasteiger partial charge in [0.2, 0.25) is 4.80 Å². The van der Waals surface area contributed by atoms with E-state index in [0.717, 1.165) is 29.3 Å². The molecule has 1 heterocycles. The number of benzene rings is 1. The Morgan fingerprint density at radius 2 is 2.00 bits per heavy atom. The number of hydrogen-bond acceptors (Lipinski definition) is 3. The minimum atomic E-state index is 0.783. The molecule has 0 N–H and O–H groups in total. The summed E-state index contributed by atoms with van der Waals surface area (Å²) in [5.74, 6) is 1.01. The Labute approximate surface area is 99.3 Å². The lowest BCUT2D eigenvalue weighted by molar-refractivity contribution is 0.833. The van der Waals surface area contributed by atoms with E-state index in [-0.39, 0.29) is 0 Å². The molecular formula is C12H15N3S. The highest BCUT2D eigenvalue weighted by Gasteiger charge is 2.06. The van der Waals surface area contributed by atoms with Gasteiger partial charge in [0.05, 0.1) is 0 Å². The van der Waals surface area contributed by atoms with Crippen molar-refractivity contribution in [3.63, 3.8) is 0 Å². The lowest BCUT2D eigenvalue weighted by Crippen LogP contribution is -1.98. The number of aromatic nitrogens is 2. The number of nitrogens with zero attached hydrogens (tertiary/aromatic N) is 3. The zero-order chi connectivity index (χ0) is 11.4. The van der Waals surface area contributed by atoms with Crippen LogP contribution < -0.4 is 4.80 Å². The van der Waals surface area contributed by atoms with Crippen molar-refractivity contribution in [2.24, 2.45) is 4.99 Å². The molecule has 0 saturated heterocycles. The van der Waals surface area contributed by atoms with Gasteiger partial charge in [0.1, 0.15) is 0 Å². The van der Waals surface area contributed by atoms with Gasteiger partial charge in [-0.05, 0) is 25.4 Å². The summed E-state index contributed by atoms with van der Waals surface area (Å²) in [7, 11) is 0. The maximum Gasteiger partial charge on any atom is 0.222 e. The SMILES string of the molecule is CCN=c1nc(-c2ccccc2)n(CC)s1. The summed E-state index contributed by atoms with van der Waals surface area (Å²) in [5.41, 5.74) is 1.15. The highest BCUT2D eigenvalue weighted by atomic mass is 32.1. The van der Waals surface area contributed by atoms with Crippen LogP contribution in [0.4, 0.5) is 0 Å². The fourth-order valence-corrected chi connectivity index (χ4v) is 2.39. The smallest absolute Gasteiger partial charge is 0.222 e. The second-order valence-electron chi connectivity index (χ2n) is 3.34. The highest BCUT2D eigenvalue weighted by Crippen LogP contribution is 2.16. The van der Waals surface area contributed by atoms with E-state index in [1.165, 1.54) is 0 Å². The van der Waals surface area contributed by atoms with Crippen LogP contribution in [0.25, 0.3) is 11.4 Å². The Morgan fingerprint density at radius 1 is 1.25 bits per heavy atom. The zero-order valence-electron chi connectivity index (χ0n) is 9.55. The van der Waals surface area contributed by atoms with E-state index in [1.54, 1.807) is 11.5 Å². The first-order valence-corrected chi connectivity index (χ1v) is 6.26. The van der Waals surface area contributed by atoms with Crippen molar-refractivity contribution in [3.8, 4) is 11.4 Å². The third kappa shape index (κ3) is 2.22. The Morgan fingerprint density at radius 3 is 2.62 bits per heavy atom. The van der Waals surface area contributed by atoms with E-state index in [9.17, 15) is 0 Å². The Balaban J connectivity index is 2.52. The molecule has 0 atom stereocenters. The van der Waals surface area contributed by atoms with Crippen LogP contribution in [0.1, 0.15) is 13.8 Å². The van der Waals surface area contributed by atoms with Gasteiger partial charge in [0.25, 0.3) is 0 Å². The number of hydrogen-bond donors (Lipinski definition) is 0. The quantitative estimate of drug-likeness (QED) is 0.801. The van der Waals surface area contributed by atoms with Crippen molar-refractivity contribution >= 4 is 11.5 Å². The lowest BCUT2D eigenvalue weighted by atomic mass is 10.2. The van der Waals surface area contributed by atoms with Crippen LogP contribution in [-0.2, 0) is 6.54 Å².